The molecule has 3 atom stereocenters. The average molecular weight is 282 g/mol. The van der Waals surface area contributed by atoms with Gasteiger partial charge in [-0.15, -0.1) is 0 Å². The molecular weight excluding hydrogens is 260 g/mol. The maximum Gasteiger partial charge on any atom is 0.249 e. The van der Waals surface area contributed by atoms with Crippen LogP contribution in [0.3, 0.4) is 0 Å². The minimum atomic E-state index is -0.475. The van der Waals surface area contributed by atoms with Gasteiger partial charge in [-0.1, -0.05) is 0 Å². The van der Waals surface area contributed by atoms with Gasteiger partial charge in [0.05, 0.1) is 19.3 Å². The summed E-state index contributed by atoms with van der Waals surface area (Å²) in [4.78, 5) is 15.8. The third kappa shape index (κ3) is 4.57. The van der Waals surface area contributed by atoms with Crippen LogP contribution in [-0.2, 0) is 20.8 Å². The first-order chi connectivity index (χ1) is 9.65. The van der Waals surface area contributed by atoms with Crippen molar-refractivity contribution in [2.75, 3.05) is 13.2 Å². The molecule has 0 radical (unpaired) electrons. The van der Waals surface area contributed by atoms with Crippen molar-refractivity contribution in [3.63, 3.8) is 0 Å². The van der Waals surface area contributed by atoms with E-state index in [-0.39, 0.29) is 18.1 Å². The number of carbonyl (C=O) groups is 1. The standard InChI is InChI=1S/C13H22N4O3/c1-10(6-17-9-14-8-15-17)16-13(18)11(2)20-7-12-4-3-5-19-12/h8-12H,3-7H2,1-2H3,(H,16,18). The second kappa shape index (κ2) is 7.35. The number of nitrogens with one attached hydrogen (secondary N) is 1. The molecule has 20 heavy (non-hydrogen) atoms. The Labute approximate surface area is 118 Å². The average Bonchev–Trinajstić information content (AvgIpc) is 3.08. The minimum Gasteiger partial charge on any atom is -0.376 e. The number of amides is 1. The van der Waals surface area contributed by atoms with Crippen LogP contribution in [0.2, 0.25) is 0 Å². The van der Waals surface area contributed by atoms with E-state index in [1.165, 1.54) is 6.33 Å². The Kier molecular flexibility index (Phi) is 5.49. The summed E-state index contributed by atoms with van der Waals surface area (Å²) in [5.41, 5.74) is 0. The Morgan fingerprint density at radius 1 is 1.60 bits per heavy atom. The molecule has 1 aliphatic rings. The van der Waals surface area contributed by atoms with Crippen LogP contribution in [0, 0.1) is 0 Å². The summed E-state index contributed by atoms with van der Waals surface area (Å²) in [6, 6.07) is -0.0296. The smallest absolute Gasteiger partial charge is 0.249 e. The molecule has 1 N–H and O–H groups in total. The number of ether oxygens (including phenoxy) is 2. The molecule has 112 valence electrons. The van der Waals surface area contributed by atoms with E-state index in [1.807, 2.05) is 6.92 Å². The van der Waals surface area contributed by atoms with Crippen LogP contribution in [-0.4, -0.2) is 52.1 Å². The van der Waals surface area contributed by atoms with E-state index in [9.17, 15) is 4.79 Å². The van der Waals surface area contributed by atoms with E-state index in [2.05, 4.69) is 15.4 Å². The van der Waals surface area contributed by atoms with E-state index in [0.717, 1.165) is 19.4 Å². The molecule has 0 spiro atoms. The van der Waals surface area contributed by atoms with Crippen molar-refractivity contribution in [2.24, 2.45) is 0 Å². The number of hydrogen-bond donors (Lipinski definition) is 1. The van der Waals surface area contributed by atoms with Crippen molar-refractivity contribution in [3.8, 4) is 0 Å². The van der Waals surface area contributed by atoms with Crippen molar-refractivity contribution >= 4 is 5.91 Å². The van der Waals surface area contributed by atoms with E-state index >= 15 is 0 Å². The topological polar surface area (TPSA) is 78.3 Å². The Morgan fingerprint density at radius 2 is 2.45 bits per heavy atom. The van der Waals surface area contributed by atoms with E-state index in [4.69, 9.17) is 9.47 Å². The zero-order valence-corrected chi connectivity index (χ0v) is 12.0. The van der Waals surface area contributed by atoms with Crippen molar-refractivity contribution < 1.29 is 14.3 Å². The SMILES string of the molecule is CC(Cn1cncn1)NC(=O)C(C)OCC1CCCO1. The van der Waals surface area contributed by atoms with Gasteiger partial charge in [-0.2, -0.15) is 5.10 Å². The van der Waals surface area contributed by atoms with Gasteiger partial charge in [-0.3, -0.25) is 9.48 Å². The Morgan fingerprint density at radius 3 is 3.10 bits per heavy atom. The molecule has 1 aliphatic heterocycles. The summed E-state index contributed by atoms with van der Waals surface area (Å²) in [5.74, 6) is -0.115. The molecule has 1 saturated heterocycles. The molecule has 0 bridgehead atoms. The molecule has 0 saturated carbocycles. The van der Waals surface area contributed by atoms with Gasteiger partial charge >= 0.3 is 0 Å². The number of nitrogens with zero attached hydrogens (tertiary/aromatic N) is 3. The van der Waals surface area contributed by atoms with Crippen LogP contribution in [0.5, 0.6) is 0 Å². The number of carbonyl (C=O) groups excluding carboxylic acids is 1. The highest BCUT2D eigenvalue weighted by molar-refractivity contribution is 5.80. The first kappa shape index (κ1) is 14.9. The van der Waals surface area contributed by atoms with Gasteiger partial charge in [0.15, 0.2) is 0 Å². The molecule has 1 amide bonds. The highest BCUT2D eigenvalue weighted by atomic mass is 16.5. The van der Waals surface area contributed by atoms with Crippen molar-refractivity contribution in [1.82, 2.24) is 20.1 Å². The lowest BCUT2D eigenvalue weighted by molar-refractivity contribution is -0.134. The minimum absolute atomic E-state index is 0.0296. The number of aromatic nitrogens is 3. The summed E-state index contributed by atoms with van der Waals surface area (Å²) in [5, 5.41) is 6.90. The van der Waals surface area contributed by atoms with Gasteiger partial charge in [0.1, 0.15) is 18.8 Å². The third-order valence-electron chi connectivity index (χ3n) is 3.24. The normalized spacial score (nSPS) is 21.6. The van der Waals surface area contributed by atoms with E-state index in [0.29, 0.717) is 13.2 Å². The Balaban J connectivity index is 1.67. The number of rotatable bonds is 7. The molecule has 3 unspecified atom stereocenters. The lowest BCUT2D eigenvalue weighted by atomic mass is 10.2. The maximum atomic E-state index is 12.0. The molecule has 0 aromatic carbocycles. The first-order valence-electron chi connectivity index (χ1n) is 7.01. The lowest BCUT2D eigenvalue weighted by Crippen LogP contribution is -2.42. The molecule has 7 nitrogen and oxygen atoms in total. The van der Waals surface area contributed by atoms with E-state index < -0.39 is 6.10 Å². The number of hydrogen-bond acceptors (Lipinski definition) is 5. The summed E-state index contributed by atoms with van der Waals surface area (Å²) in [6.07, 6.45) is 4.85. The van der Waals surface area contributed by atoms with Crippen LogP contribution in [0.25, 0.3) is 0 Å². The van der Waals surface area contributed by atoms with Gasteiger partial charge in [-0.05, 0) is 26.7 Å². The van der Waals surface area contributed by atoms with Crippen molar-refractivity contribution in [1.29, 1.82) is 0 Å². The molecule has 7 heteroatoms. The first-order valence-corrected chi connectivity index (χ1v) is 7.01. The zero-order valence-electron chi connectivity index (χ0n) is 12.0. The van der Waals surface area contributed by atoms with Gasteiger partial charge in [-0.25, -0.2) is 4.98 Å². The molecule has 2 rings (SSSR count). The Bertz CT molecular complexity index is 404. The second-order valence-corrected chi connectivity index (χ2v) is 5.14. The van der Waals surface area contributed by atoms with Crippen LogP contribution >= 0.6 is 0 Å². The van der Waals surface area contributed by atoms with Crippen LogP contribution in [0.4, 0.5) is 0 Å². The predicted octanol–water partition coefficient (Wildman–Crippen LogP) is 0.367. The van der Waals surface area contributed by atoms with Crippen molar-refractivity contribution in [2.45, 2.75) is 51.5 Å². The fourth-order valence-electron chi connectivity index (χ4n) is 2.12. The predicted molar refractivity (Wildman–Crippen MR) is 72.0 cm³/mol. The highest BCUT2D eigenvalue weighted by Crippen LogP contribution is 2.12. The molecule has 1 aromatic rings. The lowest BCUT2D eigenvalue weighted by Gasteiger charge is -2.19. The fraction of sp³-hybridized carbons (Fsp3) is 0.769. The van der Waals surface area contributed by atoms with Gasteiger partial charge in [0, 0.05) is 12.6 Å². The van der Waals surface area contributed by atoms with Gasteiger partial charge in [0.2, 0.25) is 5.91 Å². The quantitative estimate of drug-likeness (QED) is 0.781. The zero-order chi connectivity index (χ0) is 14.4. The molecular formula is C13H22N4O3. The van der Waals surface area contributed by atoms with Crippen LogP contribution in [0.1, 0.15) is 26.7 Å². The second-order valence-electron chi connectivity index (χ2n) is 5.14. The summed E-state index contributed by atoms with van der Waals surface area (Å²) in [7, 11) is 0. The summed E-state index contributed by atoms with van der Waals surface area (Å²) < 4.78 is 12.7. The summed E-state index contributed by atoms with van der Waals surface area (Å²) in [6.45, 7) is 5.54. The third-order valence-corrected chi connectivity index (χ3v) is 3.24. The maximum absolute atomic E-state index is 12.0. The molecule has 1 fully saturated rings. The van der Waals surface area contributed by atoms with Crippen LogP contribution in [0.15, 0.2) is 12.7 Å². The monoisotopic (exact) mass is 282 g/mol. The molecule has 1 aromatic heterocycles. The van der Waals surface area contributed by atoms with Gasteiger partial charge in [0.25, 0.3) is 0 Å². The molecule has 2 heterocycles. The van der Waals surface area contributed by atoms with E-state index in [1.54, 1.807) is 17.9 Å². The largest absolute Gasteiger partial charge is 0.376 e. The fourth-order valence-corrected chi connectivity index (χ4v) is 2.12. The van der Waals surface area contributed by atoms with Gasteiger partial charge < -0.3 is 14.8 Å². The van der Waals surface area contributed by atoms with Crippen molar-refractivity contribution in [3.05, 3.63) is 12.7 Å². The molecule has 0 aliphatic carbocycles. The summed E-state index contributed by atoms with van der Waals surface area (Å²) >= 11 is 0. The van der Waals surface area contributed by atoms with Crippen LogP contribution < -0.4 is 5.32 Å². The highest BCUT2D eigenvalue weighted by Gasteiger charge is 2.20. The Hall–Kier alpha value is -1.47.